The molecule has 0 unspecified atom stereocenters. The van der Waals surface area contributed by atoms with E-state index in [1.165, 1.54) is 16.7 Å². The van der Waals surface area contributed by atoms with Crippen LogP contribution in [0.5, 0.6) is 0 Å². The van der Waals surface area contributed by atoms with Crippen LogP contribution in [-0.4, -0.2) is 10.2 Å². The van der Waals surface area contributed by atoms with Crippen LogP contribution in [0, 0.1) is 6.92 Å². The largest absolute Gasteiger partial charge is 0.415 e. The number of hydrogen-bond donors (Lipinski definition) is 1. The van der Waals surface area contributed by atoms with Gasteiger partial charge in [-0.3, -0.25) is 0 Å². The average molecular weight is 405 g/mol. The fourth-order valence-electron chi connectivity index (χ4n) is 3.38. The average Bonchev–Trinajstić information content (AvgIpc) is 3.24. The Morgan fingerprint density at radius 2 is 1.59 bits per heavy atom. The minimum atomic E-state index is -0.0121. The lowest BCUT2D eigenvalue weighted by Gasteiger charge is -2.19. The molecule has 0 saturated carbocycles. The number of rotatable bonds is 6. The van der Waals surface area contributed by atoms with Crippen molar-refractivity contribution in [3.05, 3.63) is 106 Å². The minimum Gasteiger partial charge on any atom is -0.415 e. The first-order valence-corrected chi connectivity index (χ1v) is 10.0. The molecule has 3 aromatic carbocycles. The number of nitrogens with zero attached hydrogens (tertiary/aromatic N) is 2. The molecule has 4 rings (SSSR count). The molecule has 1 aromatic heterocycles. The molecule has 4 nitrogen and oxygen atoms in total. The van der Waals surface area contributed by atoms with Gasteiger partial charge in [-0.15, -0.1) is 10.2 Å². The summed E-state index contributed by atoms with van der Waals surface area (Å²) in [4.78, 5) is 0. The van der Waals surface area contributed by atoms with Crippen LogP contribution in [0.3, 0.4) is 0 Å². The van der Waals surface area contributed by atoms with Crippen molar-refractivity contribution in [3.8, 4) is 11.5 Å². The van der Waals surface area contributed by atoms with Crippen molar-refractivity contribution >= 4 is 11.6 Å². The molecule has 2 N–H and O–H groups in total. The van der Waals surface area contributed by atoms with E-state index in [0.29, 0.717) is 16.8 Å². The van der Waals surface area contributed by atoms with E-state index in [-0.39, 0.29) is 12.1 Å². The highest BCUT2D eigenvalue weighted by atomic mass is 35.5. The Morgan fingerprint density at radius 1 is 0.862 bits per heavy atom. The van der Waals surface area contributed by atoms with Crippen LogP contribution in [-0.2, 0) is 0 Å². The molecular formula is C24H23ClN3O+. The van der Waals surface area contributed by atoms with Gasteiger partial charge in [0.1, 0.15) is 6.04 Å². The van der Waals surface area contributed by atoms with E-state index in [2.05, 4.69) is 77.9 Å². The van der Waals surface area contributed by atoms with E-state index in [4.69, 9.17) is 16.0 Å². The molecule has 0 spiro atoms. The fourth-order valence-corrected chi connectivity index (χ4v) is 3.57. The minimum absolute atomic E-state index is 0.0121. The van der Waals surface area contributed by atoms with Crippen LogP contribution in [0.2, 0.25) is 5.02 Å². The molecule has 0 amide bonds. The Labute approximate surface area is 175 Å². The van der Waals surface area contributed by atoms with Gasteiger partial charge in [-0.1, -0.05) is 77.8 Å². The molecule has 1 heterocycles. The maximum atomic E-state index is 6.08. The zero-order valence-corrected chi connectivity index (χ0v) is 17.2. The van der Waals surface area contributed by atoms with Gasteiger partial charge in [-0.2, -0.15) is 0 Å². The van der Waals surface area contributed by atoms with Crippen LogP contribution in [0.1, 0.15) is 41.6 Å². The molecule has 0 fully saturated rings. The Hall–Kier alpha value is -2.95. The van der Waals surface area contributed by atoms with Crippen molar-refractivity contribution in [3.63, 3.8) is 0 Å². The van der Waals surface area contributed by atoms with Crippen LogP contribution in [0.25, 0.3) is 11.5 Å². The lowest BCUT2D eigenvalue weighted by molar-refractivity contribution is -0.725. The maximum absolute atomic E-state index is 6.08. The first kappa shape index (κ1) is 19.4. The molecular weight excluding hydrogens is 382 g/mol. The summed E-state index contributed by atoms with van der Waals surface area (Å²) in [6.07, 6.45) is 0. The monoisotopic (exact) mass is 404 g/mol. The van der Waals surface area contributed by atoms with E-state index in [1.54, 1.807) is 0 Å². The third-order valence-electron chi connectivity index (χ3n) is 4.98. The molecule has 0 saturated heterocycles. The highest BCUT2D eigenvalue weighted by Crippen LogP contribution is 2.24. The first-order chi connectivity index (χ1) is 14.1. The third-order valence-corrected chi connectivity index (χ3v) is 5.21. The van der Waals surface area contributed by atoms with Gasteiger partial charge in [0.2, 0.25) is 5.89 Å². The SMILES string of the molecule is Cc1ccc([C@H]([NH2+][C@H](C)c2nnc(-c3cccc(Cl)c3)o2)c2ccccc2)cc1. The molecule has 29 heavy (non-hydrogen) atoms. The van der Waals surface area contributed by atoms with Crippen molar-refractivity contribution in [2.24, 2.45) is 0 Å². The van der Waals surface area contributed by atoms with Gasteiger partial charge in [-0.05, 0) is 32.0 Å². The number of nitrogens with two attached hydrogens (primary N) is 1. The second-order valence-corrected chi connectivity index (χ2v) is 7.67. The van der Waals surface area contributed by atoms with Crippen LogP contribution >= 0.6 is 11.6 Å². The zero-order chi connectivity index (χ0) is 20.2. The molecule has 0 aliphatic heterocycles. The predicted molar refractivity (Wildman–Crippen MR) is 115 cm³/mol. The Balaban J connectivity index is 1.60. The topological polar surface area (TPSA) is 55.5 Å². The molecule has 2 atom stereocenters. The lowest BCUT2D eigenvalue weighted by Crippen LogP contribution is -2.86. The molecule has 0 aliphatic carbocycles. The second-order valence-electron chi connectivity index (χ2n) is 7.24. The quantitative estimate of drug-likeness (QED) is 0.485. The van der Waals surface area contributed by atoms with Crippen LogP contribution in [0.4, 0.5) is 0 Å². The summed E-state index contributed by atoms with van der Waals surface area (Å²) in [5.74, 6) is 1.07. The van der Waals surface area contributed by atoms with Crippen molar-refractivity contribution < 1.29 is 9.73 Å². The van der Waals surface area contributed by atoms with Crippen LogP contribution in [0.15, 0.2) is 83.3 Å². The molecule has 0 aliphatic rings. The Kier molecular flexibility index (Phi) is 5.74. The number of halogens is 1. The zero-order valence-electron chi connectivity index (χ0n) is 16.4. The van der Waals surface area contributed by atoms with E-state index in [9.17, 15) is 0 Å². The summed E-state index contributed by atoms with van der Waals surface area (Å²) >= 11 is 6.08. The number of quaternary nitrogens is 1. The smallest absolute Gasteiger partial charge is 0.274 e. The normalized spacial score (nSPS) is 13.2. The third kappa shape index (κ3) is 4.56. The van der Waals surface area contributed by atoms with Crippen molar-refractivity contribution in [1.29, 1.82) is 0 Å². The van der Waals surface area contributed by atoms with Gasteiger partial charge in [0.05, 0.1) is 0 Å². The van der Waals surface area contributed by atoms with Crippen molar-refractivity contribution in [2.45, 2.75) is 25.9 Å². The molecule has 0 radical (unpaired) electrons. The standard InChI is InChI=1S/C24H22ClN3O/c1-16-11-13-19(14-12-16)22(18-7-4-3-5-8-18)26-17(2)23-27-28-24(29-23)20-9-6-10-21(25)15-20/h3-15,17,22,26H,1-2H3/p+1/t17-,22-/m1/s1. The number of hydrogen-bond acceptors (Lipinski definition) is 3. The van der Waals surface area contributed by atoms with E-state index < -0.39 is 0 Å². The molecule has 146 valence electrons. The van der Waals surface area contributed by atoms with E-state index >= 15 is 0 Å². The molecule has 4 aromatic rings. The number of benzene rings is 3. The van der Waals surface area contributed by atoms with E-state index in [1.807, 2.05) is 30.3 Å². The van der Waals surface area contributed by atoms with Crippen LogP contribution < -0.4 is 5.32 Å². The number of aryl methyl sites for hydroxylation is 1. The molecule has 5 heteroatoms. The summed E-state index contributed by atoms with van der Waals surface area (Å²) in [6, 6.07) is 26.7. The van der Waals surface area contributed by atoms with Gasteiger partial charge in [0, 0.05) is 21.7 Å². The Bertz CT molecular complexity index is 1080. The predicted octanol–water partition coefficient (Wildman–Crippen LogP) is 5.11. The summed E-state index contributed by atoms with van der Waals surface area (Å²) in [6.45, 7) is 4.18. The Morgan fingerprint density at radius 3 is 2.31 bits per heavy atom. The van der Waals surface area contributed by atoms with Gasteiger partial charge >= 0.3 is 0 Å². The maximum Gasteiger partial charge on any atom is 0.274 e. The van der Waals surface area contributed by atoms with Gasteiger partial charge in [0.25, 0.3) is 5.89 Å². The highest BCUT2D eigenvalue weighted by Gasteiger charge is 2.25. The summed E-state index contributed by atoms with van der Waals surface area (Å²) < 4.78 is 5.97. The number of aromatic nitrogens is 2. The highest BCUT2D eigenvalue weighted by molar-refractivity contribution is 6.30. The fraction of sp³-hybridized carbons (Fsp3) is 0.167. The summed E-state index contributed by atoms with van der Waals surface area (Å²) in [5, 5.41) is 11.4. The van der Waals surface area contributed by atoms with Gasteiger partial charge in [0.15, 0.2) is 6.04 Å². The second kappa shape index (κ2) is 8.60. The summed E-state index contributed by atoms with van der Waals surface area (Å²) in [5.41, 5.74) is 4.54. The summed E-state index contributed by atoms with van der Waals surface area (Å²) in [7, 11) is 0. The van der Waals surface area contributed by atoms with Gasteiger partial charge < -0.3 is 9.73 Å². The molecule has 0 bridgehead atoms. The van der Waals surface area contributed by atoms with Crippen molar-refractivity contribution in [1.82, 2.24) is 10.2 Å². The first-order valence-electron chi connectivity index (χ1n) is 9.66. The lowest BCUT2D eigenvalue weighted by atomic mass is 9.97. The van der Waals surface area contributed by atoms with Crippen molar-refractivity contribution in [2.75, 3.05) is 0 Å². The van der Waals surface area contributed by atoms with E-state index in [0.717, 1.165) is 5.56 Å². The van der Waals surface area contributed by atoms with Gasteiger partial charge in [-0.25, -0.2) is 0 Å².